The van der Waals surface area contributed by atoms with Gasteiger partial charge in [0.25, 0.3) is 0 Å². The van der Waals surface area contributed by atoms with Gasteiger partial charge in [0.05, 0.1) is 5.69 Å². The number of guanidine groups is 1. The molecule has 6 nitrogen and oxygen atoms in total. The number of hydrogen-bond acceptors (Lipinski definition) is 3. The van der Waals surface area contributed by atoms with Crippen molar-refractivity contribution in [3.63, 3.8) is 0 Å². The predicted octanol–water partition coefficient (Wildman–Crippen LogP) is 2.35. The second kappa shape index (κ2) is 9.22. The Labute approximate surface area is 149 Å². The molecule has 6 heteroatoms. The van der Waals surface area contributed by atoms with Gasteiger partial charge in [0.1, 0.15) is 0 Å². The van der Waals surface area contributed by atoms with Crippen LogP contribution in [-0.2, 0) is 11.3 Å². The minimum absolute atomic E-state index is 0.733. The monoisotopic (exact) mass is 341 g/mol. The smallest absolute Gasteiger partial charge is 0.191 e. The van der Waals surface area contributed by atoms with Gasteiger partial charge in [0, 0.05) is 45.7 Å². The lowest BCUT2D eigenvalue weighted by Gasteiger charge is -2.12. The van der Waals surface area contributed by atoms with Gasteiger partial charge >= 0.3 is 0 Å². The van der Waals surface area contributed by atoms with Crippen LogP contribution in [0.25, 0.3) is 5.69 Å². The summed E-state index contributed by atoms with van der Waals surface area (Å²) in [6.07, 6.45) is 7.40. The molecule has 1 fully saturated rings. The molecule has 1 aliphatic carbocycles. The summed E-state index contributed by atoms with van der Waals surface area (Å²) >= 11 is 0. The van der Waals surface area contributed by atoms with Gasteiger partial charge in [-0.25, -0.2) is 4.68 Å². The van der Waals surface area contributed by atoms with E-state index in [1.54, 1.807) is 13.2 Å². The molecule has 0 unspecified atom stereocenters. The highest BCUT2D eigenvalue weighted by Gasteiger charge is 2.20. The fourth-order valence-electron chi connectivity index (χ4n) is 2.51. The van der Waals surface area contributed by atoms with Gasteiger partial charge in [0.2, 0.25) is 0 Å². The van der Waals surface area contributed by atoms with E-state index in [-0.39, 0.29) is 0 Å². The molecular formula is C19H27N5O. The fraction of sp³-hybridized carbons (Fsp3) is 0.474. The number of hydrogen-bond donors (Lipinski definition) is 2. The van der Waals surface area contributed by atoms with Crippen LogP contribution in [0.3, 0.4) is 0 Å². The van der Waals surface area contributed by atoms with Crippen LogP contribution in [0.5, 0.6) is 0 Å². The Morgan fingerprint density at radius 2 is 2.12 bits per heavy atom. The summed E-state index contributed by atoms with van der Waals surface area (Å²) in [4.78, 5) is 4.26. The summed E-state index contributed by atoms with van der Waals surface area (Å²) in [5, 5.41) is 10.9. The van der Waals surface area contributed by atoms with Crippen molar-refractivity contribution in [2.45, 2.75) is 25.8 Å². The maximum Gasteiger partial charge on any atom is 0.191 e. The van der Waals surface area contributed by atoms with Gasteiger partial charge in [-0.2, -0.15) is 5.10 Å². The quantitative estimate of drug-likeness (QED) is 0.417. The Kier molecular flexibility index (Phi) is 6.45. The second-order valence-electron chi connectivity index (χ2n) is 6.34. The summed E-state index contributed by atoms with van der Waals surface area (Å²) in [5.41, 5.74) is 2.26. The lowest BCUT2D eigenvalue weighted by atomic mass is 10.2. The molecule has 3 rings (SSSR count). The first-order chi connectivity index (χ1) is 12.3. The molecule has 1 aromatic carbocycles. The van der Waals surface area contributed by atoms with E-state index in [9.17, 15) is 0 Å². The van der Waals surface area contributed by atoms with E-state index in [1.165, 1.54) is 18.4 Å². The average Bonchev–Trinajstić information content (AvgIpc) is 3.31. The zero-order valence-electron chi connectivity index (χ0n) is 14.8. The highest BCUT2D eigenvalue weighted by molar-refractivity contribution is 5.79. The zero-order chi connectivity index (χ0) is 17.3. The van der Waals surface area contributed by atoms with Crippen LogP contribution >= 0.6 is 0 Å². The van der Waals surface area contributed by atoms with Gasteiger partial charge in [0.15, 0.2) is 5.96 Å². The lowest BCUT2D eigenvalue weighted by Crippen LogP contribution is -2.37. The predicted molar refractivity (Wildman–Crippen MR) is 99.9 cm³/mol. The van der Waals surface area contributed by atoms with Crippen LogP contribution in [0.4, 0.5) is 0 Å². The van der Waals surface area contributed by atoms with E-state index in [1.807, 2.05) is 16.9 Å². The van der Waals surface area contributed by atoms with E-state index < -0.39 is 0 Å². The number of nitrogens with one attached hydrogen (secondary N) is 2. The van der Waals surface area contributed by atoms with Gasteiger partial charge < -0.3 is 15.4 Å². The van der Waals surface area contributed by atoms with Crippen molar-refractivity contribution in [3.8, 4) is 5.69 Å². The van der Waals surface area contributed by atoms with Gasteiger partial charge in [-0.3, -0.25) is 4.99 Å². The highest BCUT2D eigenvalue weighted by Crippen LogP contribution is 2.28. The van der Waals surface area contributed by atoms with Gasteiger partial charge in [-0.1, -0.05) is 12.1 Å². The number of rotatable bonds is 9. The van der Waals surface area contributed by atoms with Gasteiger partial charge in [-0.15, -0.1) is 0 Å². The molecule has 1 heterocycles. The SMILES string of the molecule is CN=C(NCCCOCC1CC1)NCc1ccc(-n2cccn2)cc1. The first-order valence-electron chi connectivity index (χ1n) is 8.96. The molecular weight excluding hydrogens is 314 g/mol. The van der Waals surface area contributed by atoms with E-state index in [0.717, 1.165) is 50.3 Å². The molecule has 0 saturated heterocycles. The van der Waals surface area contributed by atoms with Crippen molar-refractivity contribution in [3.05, 3.63) is 48.3 Å². The van der Waals surface area contributed by atoms with Crippen LogP contribution < -0.4 is 10.6 Å². The molecule has 134 valence electrons. The lowest BCUT2D eigenvalue weighted by molar-refractivity contribution is 0.123. The van der Waals surface area contributed by atoms with Crippen LogP contribution in [0.15, 0.2) is 47.7 Å². The minimum Gasteiger partial charge on any atom is -0.381 e. The molecule has 1 aromatic heterocycles. The molecule has 0 radical (unpaired) electrons. The van der Waals surface area contributed by atoms with Crippen LogP contribution in [0.2, 0.25) is 0 Å². The Balaban J connectivity index is 1.34. The molecule has 2 N–H and O–H groups in total. The van der Waals surface area contributed by atoms with Gasteiger partial charge in [-0.05, 0) is 48.9 Å². The van der Waals surface area contributed by atoms with Crippen molar-refractivity contribution in [2.75, 3.05) is 26.8 Å². The Bertz CT molecular complexity index is 647. The highest BCUT2D eigenvalue weighted by atomic mass is 16.5. The Morgan fingerprint density at radius 1 is 1.28 bits per heavy atom. The Hall–Kier alpha value is -2.34. The van der Waals surface area contributed by atoms with Crippen LogP contribution in [0, 0.1) is 5.92 Å². The first-order valence-corrected chi connectivity index (χ1v) is 8.96. The minimum atomic E-state index is 0.733. The van der Waals surface area contributed by atoms with Crippen molar-refractivity contribution in [1.29, 1.82) is 0 Å². The molecule has 0 aliphatic heterocycles. The molecule has 2 aromatic rings. The average molecular weight is 341 g/mol. The number of ether oxygens (including phenoxy) is 1. The number of benzene rings is 1. The molecule has 1 aliphatic rings. The standard InChI is InChI=1S/C19H27N5O/c1-20-19(21-10-3-13-25-15-17-4-5-17)22-14-16-6-8-18(9-7-16)24-12-2-11-23-24/h2,6-9,11-12,17H,3-5,10,13-15H2,1H3,(H2,20,21,22). The maximum atomic E-state index is 5.64. The molecule has 1 saturated carbocycles. The molecule has 0 atom stereocenters. The number of nitrogens with zero attached hydrogens (tertiary/aromatic N) is 3. The summed E-state index contributed by atoms with van der Waals surface area (Å²) in [7, 11) is 1.79. The maximum absolute atomic E-state index is 5.64. The molecule has 25 heavy (non-hydrogen) atoms. The normalized spacial score (nSPS) is 14.5. The Morgan fingerprint density at radius 3 is 2.80 bits per heavy atom. The van der Waals surface area contributed by atoms with Crippen LogP contribution in [-0.4, -0.2) is 42.5 Å². The second-order valence-corrected chi connectivity index (χ2v) is 6.34. The summed E-state index contributed by atoms with van der Waals surface area (Å²) in [5.74, 6) is 1.65. The molecule has 0 bridgehead atoms. The summed E-state index contributed by atoms with van der Waals surface area (Å²) in [6, 6.07) is 10.3. The molecule has 0 spiro atoms. The van der Waals surface area contributed by atoms with E-state index in [4.69, 9.17) is 4.74 Å². The van der Waals surface area contributed by atoms with E-state index in [2.05, 4.69) is 45.0 Å². The topological polar surface area (TPSA) is 63.5 Å². The first kappa shape index (κ1) is 17.5. The van der Waals surface area contributed by atoms with Crippen molar-refractivity contribution in [2.24, 2.45) is 10.9 Å². The summed E-state index contributed by atoms with van der Waals surface area (Å²) < 4.78 is 7.49. The fourth-order valence-corrected chi connectivity index (χ4v) is 2.51. The third-order valence-corrected chi connectivity index (χ3v) is 4.20. The van der Waals surface area contributed by atoms with E-state index >= 15 is 0 Å². The van der Waals surface area contributed by atoms with Crippen LogP contribution in [0.1, 0.15) is 24.8 Å². The number of aromatic nitrogens is 2. The third-order valence-electron chi connectivity index (χ3n) is 4.20. The summed E-state index contributed by atoms with van der Waals surface area (Å²) in [6.45, 7) is 3.34. The third kappa shape index (κ3) is 5.90. The largest absolute Gasteiger partial charge is 0.381 e. The van der Waals surface area contributed by atoms with Crippen molar-refractivity contribution in [1.82, 2.24) is 20.4 Å². The zero-order valence-corrected chi connectivity index (χ0v) is 14.8. The van der Waals surface area contributed by atoms with Crippen molar-refractivity contribution >= 4 is 5.96 Å². The number of aliphatic imine (C=N–C) groups is 1. The van der Waals surface area contributed by atoms with E-state index in [0.29, 0.717) is 0 Å². The van der Waals surface area contributed by atoms with Crippen molar-refractivity contribution < 1.29 is 4.74 Å². The molecule has 0 amide bonds.